The highest BCUT2D eigenvalue weighted by Crippen LogP contribution is 2.26. The van der Waals surface area contributed by atoms with Gasteiger partial charge in [-0.25, -0.2) is 0 Å². The monoisotopic (exact) mass is 302 g/mol. The van der Waals surface area contributed by atoms with Crippen LogP contribution >= 0.6 is 0 Å². The molecule has 0 aliphatic heterocycles. The van der Waals surface area contributed by atoms with Crippen molar-refractivity contribution >= 4 is 23.4 Å². The van der Waals surface area contributed by atoms with E-state index in [1.54, 1.807) is 13.1 Å². The number of nitro groups is 1. The van der Waals surface area contributed by atoms with Gasteiger partial charge in [-0.3, -0.25) is 14.9 Å². The van der Waals surface area contributed by atoms with E-state index in [-0.39, 0.29) is 11.3 Å². The topological polar surface area (TPSA) is 108 Å². The van der Waals surface area contributed by atoms with Crippen LogP contribution in [0.2, 0.25) is 0 Å². The van der Waals surface area contributed by atoms with E-state index in [1.807, 2.05) is 13.0 Å². The van der Waals surface area contributed by atoms with Crippen molar-refractivity contribution in [3.05, 3.63) is 39.4 Å². The van der Waals surface area contributed by atoms with Crippen LogP contribution in [0.15, 0.2) is 23.8 Å². The largest absolute Gasteiger partial charge is 0.383 e. The lowest BCUT2D eigenvalue weighted by Crippen LogP contribution is -2.25. The molecule has 1 aromatic carbocycles. The minimum Gasteiger partial charge on any atom is -0.383 e. The number of nitrogens with zero attached hydrogens (tertiary/aromatic N) is 2. The van der Waals surface area contributed by atoms with Crippen molar-refractivity contribution in [2.45, 2.75) is 19.8 Å². The third-order valence-electron chi connectivity index (χ3n) is 2.98. The number of anilines is 1. The van der Waals surface area contributed by atoms with E-state index in [4.69, 9.17) is 5.26 Å². The van der Waals surface area contributed by atoms with Crippen LogP contribution in [0.1, 0.15) is 25.3 Å². The first-order valence-electron chi connectivity index (χ1n) is 6.89. The van der Waals surface area contributed by atoms with Gasteiger partial charge < -0.3 is 10.6 Å². The van der Waals surface area contributed by atoms with Crippen LogP contribution in [0.25, 0.3) is 6.08 Å². The van der Waals surface area contributed by atoms with Gasteiger partial charge in [-0.1, -0.05) is 19.4 Å². The molecule has 0 saturated carbocycles. The van der Waals surface area contributed by atoms with Crippen LogP contribution in [-0.2, 0) is 4.79 Å². The van der Waals surface area contributed by atoms with Gasteiger partial charge >= 0.3 is 0 Å². The van der Waals surface area contributed by atoms with Gasteiger partial charge in [0, 0.05) is 19.7 Å². The molecule has 22 heavy (non-hydrogen) atoms. The molecule has 1 rings (SSSR count). The van der Waals surface area contributed by atoms with E-state index in [9.17, 15) is 14.9 Å². The first-order valence-corrected chi connectivity index (χ1v) is 6.89. The molecule has 0 saturated heterocycles. The average Bonchev–Trinajstić information content (AvgIpc) is 2.52. The lowest BCUT2D eigenvalue weighted by molar-refractivity contribution is -0.384. The molecule has 0 bridgehead atoms. The van der Waals surface area contributed by atoms with Crippen molar-refractivity contribution < 1.29 is 9.72 Å². The third kappa shape index (κ3) is 4.59. The highest BCUT2D eigenvalue weighted by Gasteiger charge is 2.14. The summed E-state index contributed by atoms with van der Waals surface area (Å²) in [6, 6.07) is 6.28. The standard InChI is InChI=1S/C15H18N4O3/c1-3-4-7-18-15(20)12(10-16)8-11-5-6-13(17-2)14(9-11)19(21)22/h5-6,8-9,17H,3-4,7H2,1-2H3,(H,18,20)/b12-8+. The van der Waals surface area contributed by atoms with Crippen LogP contribution in [0.4, 0.5) is 11.4 Å². The Hall–Kier alpha value is -2.88. The zero-order chi connectivity index (χ0) is 16.5. The molecule has 0 unspecified atom stereocenters. The summed E-state index contributed by atoms with van der Waals surface area (Å²) in [5.74, 6) is -0.476. The van der Waals surface area contributed by atoms with Crippen molar-refractivity contribution in [3.8, 4) is 6.07 Å². The molecule has 1 aromatic rings. The Kier molecular flexibility index (Phi) is 6.57. The van der Waals surface area contributed by atoms with Crippen LogP contribution in [0, 0.1) is 21.4 Å². The molecular weight excluding hydrogens is 284 g/mol. The van der Waals surface area contributed by atoms with Gasteiger partial charge in [-0.15, -0.1) is 0 Å². The Morgan fingerprint density at radius 3 is 2.77 bits per heavy atom. The molecule has 0 aliphatic carbocycles. The molecule has 7 heteroatoms. The van der Waals surface area contributed by atoms with Crippen molar-refractivity contribution in [2.24, 2.45) is 0 Å². The summed E-state index contributed by atoms with van der Waals surface area (Å²) in [5.41, 5.74) is 0.600. The van der Waals surface area contributed by atoms with Crippen LogP contribution in [0.5, 0.6) is 0 Å². The second kappa shape index (κ2) is 8.42. The number of benzene rings is 1. The second-order valence-corrected chi connectivity index (χ2v) is 4.56. The predicted molar refractivity (Wildman–Crippen MR) is 84.2 cm³/mol. The first-order chi connectivity index (χ1) is 10.5. The molecule has 0 radical (unpaired) electrons. The zero-order valence-corrected chi connectivity index (χ0v) is 12.5. The number of amides is 1. The van der Waals surface area contributed by atoms with Crippen LogP contribution < -0.4 is 10.6 Å². The van der Waals surface area contributed by atoms with Crippen molar-refractivity contribution in [1.82, 2.24) is 5.32 Å². The number of nitro benzene ring substituents is 1. The first kappa shape index (κ1) is 17.2. The molecule has 0 aliphatic rings. The van der Waals surface area contributed by atoms with Gasteiger partial charge in [0.1, 0.15) is 17.3 Å². The van der Waals surface area contributed by atoms with E-state index in [0.717, 1.165) is 12.8 Å². The minimum atomic E-state index is -0.517. The lowest BCUT2D eigenvalue weighted by atomic mass is 10.1. The third-order valence-corrected chi connectivity index (χ3v) is 2.98. The molecular formula is C15H18N4O3. The lowest BCUT2D eigenvalue weighted by Gasteiger charge is -2.04. The maximum atomic E-state index is 11.8. The number of carbonyl (C=O) groups is 1. The molecule has 1 amide bonds. The van der Waals surface area contributed by atoms with Crippen molar-refractivity contribution in [2.75, 3.05) is 18.9 Å². The quantitative estimate of drug-likeness (QED) is 0.264. The molecule has 0 fully saturated rings. The SMILES string of the molecule is CCCCNC(=O)/C(C#N)=C/c1ccc(NC)c([N+](=O)[O-])c1. The Bertz CT molecular complexity index is 632. The number of hydrogen-bond donors (Lipinski definition) is 2. The van der Waals surface area contributed by atoms with Crippen LogP contribution in [-0.4, -0.2) is 24.4 Å². The number of rotatable bonds is 7. The Balaban J connectivity index is 3.03. The number of unbranched alkanes of at least 4 members (excludes halogenated alkanes) is 1. The summed E-state index contributed by atoms with van der Waals surface area (Å²) in [5, 5.41) is 25.4. The van der Waals surface area contributed by atoms with E-state index >= 15 is 0 Å². The summed E-state index contributed by atoms with van der Waals surface area (Å²) in [6.07, 6.45) is 3.10. The summed E-state index contributed by atoms with van der Waals surface area (Å²) < 4.78 is 0. The normalized spacial score (nSPS) is 10.7. The van der Waals surface area contributed by atoms with Crippen LogP contribution in [0.3, 0.4) is 0 Å². The van der Waals surface area contributed by atoms with Crippen molar-refractivity contribution in [1.29, 1.82) is 5.26 Å². The van der Waals surface area contributed by atoms with E-state index in [2.05, 4.69) is 10.6 Å². The van der Waals surface area contributed by atoms with E-state index < -0.39 is 10.8 Å². The molecule has 0 spiro atoms. The molecule has 7 nitrogen and oxygen atoms in total. The maximum absolute atomic E-state index is 11.8. The number of carbonyl (C=O) groups excluding carboxylic acids is 1. The van der Waals surface area contributed by atoms with Gasteiger partial charge in [0.15, 0.2) is 0 Å². The summed E-state index contributed by atoms with van der Waals surface area (Å²) in [4.78, 5) is 22.3. The molecule has 0 aromatic heterocycles. The molecule has 0 heterocycles. The smallest absolute Gasteiger partial charge is 0.292 e. The fourth-order valence-electron chi connectivity index (χ4n) is 1.79. The van der Waals surface area contributed by atoms with E-state index in [1.165, 1.54) is 18.2 Å². The van der Waals surface area contributed by atoms with Gasteiger partial charge in [0.05, 0.1) is 4.92 Å². The number of nitriles is 1. The summed E-state index contributed by atoms with van der Waals surface area (Å²) in [7, 11) is 1.58. The van der Waals surface area contributed by atoms with Gasteiger partial charge in [-0.2, -0.15) is 5.26 Å². The fourth-order valence-corrected chi connectivity index (χ4v) is 1.79. The number of hydrogen-bond acceptors (Lipinski definition) is 5. The zero-order valence-electron chi connectivity index (χ0n) is 12.5. The van der Waals surface area contributed by atoms with Gasteiger partial charge in [0.2, 0.25) is 0 Å². The Labute approximate surface area is 128 Å². The van der Waals surface area contributed by atoms with Gasteiger partial charge in [0.25, 0.3) is 11.6 Å². The fraction of sp³-hybridized carbons (Fsp3) is 0.333. The predicted octanol–water partition coefficient (Wildman–Crippen LogP) is 2.46. The Morgan fingerprint density at radius 2 is 2.23 bits per heavy atom. The molecule has 2 N–H and O–H groups in total. The Morgan fingerprint density at radius 1 is 1.50 bits per heavy atom. The average molecular weight is 302 g/mol. The molecule has 0 atom stereocenters. The van der Waals surface area contributed by atoms with E-state index in [0.29, 0.717) is 17.8 Å². The van der Waals surface area contributed by atoms with Crippen molar-refractivity contribution in [3.63, 3.8) is 0 Å². The second-order valence-electron chi connectivity index (χ2n) is 4.56. The minimum absolute atomic E-state index is 0.0809. The van der Waals surface area contributed by atoms with Gasteiger partial charge in [-0.05, 0) is 24.1 Å². The summed E-state index contributed by atoms with van der Waals surface area (Å²) in [6.45, 7) is 2.49. The maximum Gasteiger partial charge on any atom is 0.292 e. The number of nitrogens with one attached hydrogen (secondary N) is 2. The highest BCUT2D eigenvalue weighted by molar-refractivity contribution is 6.01. The molecule has 116 valence electrons. The summed E-state index contributed by atoms with van der Waals surface area (Å²) >= 11 is 0. The highest BCUT2D eigenvalue weighted by atomic mass is 16.6.